The number of rotatable bonds is 14. The second-order valence-corrected chi connectivity index (χ2v) is 10.4. The Morgan fingerprint density at radius 3 is 2.21 bits per heavy atom. The monoisotopic (exact) mass is 541 g/mol. The first-order valence-electron chi connectivity index (χ1n) is 13.5. The van der Waals surface area contributed by atoms with Crippen molar-refractivity contribution in [1.29, 1.82) is 0 Å². The van der Waals surface area contributed by atoms with Crippen LogP contribution < -0.4 is 15.4 Å². The molecule has 1 atom stereocenters. The quantitative estimate of drug-likeness (QED) is 0.261. The van der Waals surface area contributed by atoms with Gasteiger partial charge in [0.1, 0.15) is 29.7 Å². The Labute approximate surface area is 231 Å². The number of anilines is 1. The predicted octanol–water partition coefficient (Wildman–Crippen LogP) is 5.79. The minimum absolute atomic E-state index is 0.103. The number of ether oxygens (including phenoxy) is 2. The van der Waals surface area contributed by atoms with Crippen LogP contribution in [0.15, 0.2) is 48.5 Å². The molecule has 0 aliphatic heterocycles. The fourth-order valence-corrected chi connectivity index (χ4v) is 4.08. The maximum atomic E-state index is 13.7. The highest BCUT2D eigenvalue weighted by Crippen LogP contribution is 2.31. The number of hydrogen-bond acceptors (Lipinski definition) is 6. The van der Waals surface area contributed by atoms with Gasteiger partial charge in [-0.2, -0.15) is 0 Å². The largest absolute Gasteiger partial charge is 0.508 e. The Kier molecular flexibility index (Phi) is 12.6. The van der Waals surface area contributed by atoms with Gasteiger partial charge < -0.3 is 30.1 Å². The first kappa shape index (κ1) is 31.5. The van der Waals surface area contributed by atoms with Crippen molar-refractivity contribution in [3.63, 3.8) is 0 Å². The number of phenolic OH excluding ortho intramolecular Hbond substituents is 1. The van der Waals surface area contributed by atoms with Gasteiger partial charge in [0.15, 0.2) is 0 Å². The van der Waals surface area contributed by atoms with E-state index in [-0.39, 0.29) is 18.8 Å². The van der Waals surface area contributed by atoms with E-state index < -0.39 is 29.6 Å². The van der Waals surface area contributed by atoms with E-state index in [1.54, 1.807) is 70.3 Å². The van der Waals surface area contributed by atoms with Crippen molar-refractivity contribution in [1.82, 2.24) is 10.2 Å². The first-order chi connectivity index (χ1) is 18.6. The average molecular weight is 542 g/mol. The number of carbonyl (C=O) groups is 3. The Hall–Kier alpha value is -3.75. The summed E-state index contributed by atoms with van der Waals surface area (Å²) in [6.45, 7) is 7.27. The summed E-state index contributed by atoms with van der Waals surface area (Å²) in [6, 6.07) is 12.2. The van der Waals surface area contributed by atoms with Crippen LogP contribution in [0.1, 0.15) is 77.8 Å². The van der Waals surface area contributed by atoms with Crippen molar-refractivity contribution < 1.29 is 29.0 Å². The summed E-state index contributed by atoms with van der Waals surface area (Å²) in [5, 5.41) is 16.0. The number of carbonyl (C=O) groups excluding carboxylic acids is 3. The zero-order chi connectivity index (χ0) is 28.8. The van der Waals surface area contributed by atoms with E-state index in [2.05, 4.69) is 17.6 Å². The Morgan fingerprint density at radius 1 is 0.949 bits per heavy atom. The van der Waals surface area contributed by atoms with Crippen molar-refractivity contribution in [3.8, 4) is 11.5 Å². The minimum Gasteiger partial charge on any atom is -0.508 e. The lowest BCUT2D eigenvalue weighted by Gasteiger charge is -2.32. The van der Waals surface area contributed by atoms with Gasteiger partial charge in [-0.15, -0.1) is 0 Å². The number of nitrogens with zero attached hydrogens (tertiary/aromatic N) is 1. The maximum absolute atomic E-state index is 13.7. The number of para-hydroxylation sites is 1. The summed E-state index contributed by atoms with van der Waals surface area (Å²) in [6.07, 6.45) is 5.22. The van der Waals surface area contributed by atoms with Gasteiger partial charge in [-0.05, 0) is 57.5 Å². The third-order valence-electron chi connectivity index (χ3n) is 6.00. The topological polar surface area (TPSA) is 117 Å². The number of methoxy groups -OCH3 is 1. The summed E-state index contributed by atoms with van der Waals surface area (Å²) < 4.78 is 10.5. The van der Waals surface area contributed by atoms with Crippen LogP contribution in [-0.2, 0) is 14.3 Å². The Balaban J connectivity index is 2.33. The summed E-state index contributed by atoms with van der Waals surface area (Å²) >= 11 is 0. The fraction of sp³-hybridized carbons (Fsp3) is 0.500. The molecule has 0 heterocycles. The molecule has 0 aromatic heterocycles. The zero-order valence-electron chi connectivity index (χ0n) is 23.8. The highest BCUT2D eigenvalue weighted by atomic mass is 16.6. The Morgan fingerprint density at radius 2 is 1.59 bits per heavy atom. The van der Waals surface area contributed by atoms with E-state index in [0.717, 1.165) is 32.1 Å². The van der Waals surface area contributed by atoms with E-state index >= 15 is 0 Å². The second kappa shape index (κ2) is 15.6. The highest BCUT2D eigenvalue weighted by molar-refractivity contribution is 5.98. The fourth-order valence-electron chi connectivity index (χ4n) is 4.08. The van der Waals surface area contributed by atoms with E-state index in [1.807, 2.05) is 0 Å². The van der Waals surface area contributed by atoms with Crippen molar-refractivity contribution in [2.75, 3.05) is 25.5 Å². The molecule has 2 rings (SSSR count). The summed E-state index contributed by atoms with van der Waals surface area (Å²) in [5.74, 6) is -0.419. The smallest absolute Gasteiger partial charge is 0.408 e. The van der Waals surface area contributed by atoms with E-state index in [0.29, 0.717) is 23.4 Å². The van der Waals surface area contributed by atoms with Gasteiger partial charge in [0.05, 0.1) is 7.11 Å². The van der Waals surface area contributed by atoms with Gasteiger partial charge in [-0.25, -0.2) is 4.79 Å². The van der Waals surface area contributed by atoms with Crippen LogP contribution in [0.5, 0.6) is 11.5 Å². The van der Waals surface area contributed by atoms with E-state index in [1.165, 1.54) is 11.0 Å². The number of aromatic hydroxyl groups is 1. The number of phenols is 1. The third kappa shape index (κ3) is 10.9. The lowest BCUT2D eigenvalue weighted by Crippen LogP contribution is -2.47. The molecule has 3 N–H and O–H groups in total. The van der Waals surface area contributed by atoms with Crippen LogP contribution >= 0.6 is 0 Å². The standard InChI is InChI=1S/C30H43N3O6/c1-6-7-8-9-10-13-20-33(26(35)21-31-29(37)39-30(2,3)4)27(24-14-11-12-15-25(24)34)28(36)32-22-16-18-23(38-5)19-17-22/h11-12,14-19,27,34H,6-10,13,20-21H2,1-5H3,(H,31,37)(H,32,36). The number of hydrogen-bond donors (Lipinski definition) is 3. The van der Waals surface area contributed by atoms with Crippen molar-refractivity contribution in [3.05, 3.63) is 54.1 Å². The molecule has 2 aromatic rings. The normalized spacial score (nSPS) is 11.8. The van der Waals surface area contributed by atoms with Gasteiger partial charge >= 0.3 is 6.09 Å². The number of alkyl carbamates (subject to hydrolysis) is 1. The average Bonchev–Trinajstić information content (AvgIpc) is 2.88. The lowest BCUT2D eigenvalue weighted by atomic mass is 10.0. The van der Waals surface area contributed by atoms with Crippen molar-refractivity contribution >= 4 is 23.6 Å². The second-order valence-electron chi connectivity index (χ2n) is 10.4. The highest BCUT2D eigenvalue weighted by Gasteiger charge is 2.33. The minimum atomic E-state index is -1.13. The van der Waals surface area contributed by atoms with Crippen LogP contribution in [0.3, 0.4) is 0 Å². The molecule has 1 unspecified atom stereocenters. The summed E-state index contributed by atoms with van der Waals surface area (Å²) in [5.41, 5.74) is 0.0854. The molecule has 39 heavy (non-hydrogen) atoms. The molecule has 0 saturated carbocycles. The van der Waals surface area contributed by atoms with Crippen LogP contribution in [0, 0.1) is 0 Å². The third-order valence-corrected chi connectivity index (χ3v) is 6.00. The van der Waals surface area contributed by atoms with Gasteiger partial charge in [-0.1, -0.05) is 57.2 Å². The van der Waals surface area contributed by atoms with Crippen LogP contribution in [0.4, 0.5) is 10.5 Å². The van der Waals surface area contributed by atoms with Crippen LogP contribution in [0.2, 0.25) is 0 Å². The maximum Gasteiger partial charge on any atom is 0.408 e. The number of amides is 3. The van der Waals surface area contributed by atoms with Gasteiger partial charge in [0.25, 0.3) is 5.91 Å². The SMILES string of the molecule is CCCCCCCCN(C(=O)CNC(=O)OC(C)(C)C)C(C(=O)Nc1ccc(OC)cc1)c1ccccc1O. The molecule has 9 nitrogen and oxygen atoms in total. The zero-order valence-corrected chi connectivity index (χ0v) is 23.8. The lowest BCUT2D eigenvalue weighted by molar-refractivity contribution is -0.138. The molecule has 214 valence electrons. The van der Waals surface area contributed by atoms with Crippen LogP contribution in [-0.4, -0.2) is 53.7 Å². The molecule has 0 aliphatic carbocycles. The summed E-state index contributed by atoms with van der Waals surface area (Å²) in [7, 11) is 1.55. The first-order valence-corrected chi connectivity index (χ1v) is 13.5. The number of benzene rings is 2. The van der Waals surface area contributed by atoms with E-state index in [9.17, 15) is 19.5 Å². The van der Waals surface area contributed by atoms with Crippen molar-refractivity contribution in [2.45, 2.75) is 77.9 Å². The van der Waals surface area contributed by atoms with Gasteiger partial charge in [0.2, 0.25) is 5.91 Å². The molecule has 0 aliphatic rings. The molecule has 0 saturated heterocycles. The molecule has 0 fully saturated rings. The Bertz CT molecular complexity index is 1070. The van der Waals surface area contributed by atoms with Gasteiger partial charge in [0, 0.05) is 17.8 Å². The predicted molar refractivity (Wildman–Crippen MR) is 152 cm³/mol. The van der Waals surface area contributed by atoms with Crippen molar-refractivity contribution in [2.24, 2.45) is 0 Å². The molecule has 3 amide bonds. The molecule has 0 bridgehead atoms. The van der Waals surface area contributed by atoms with Crippen LogP contribution in [0.25, 0.3) is 0 Å². The molecule has 0 radical (unpaired) electrons. The van der Waals surface area contributed by atoms with Gasteiger partial charge in [-0.3, -0.25) is 9.59 Å². The summed E-state index contributed by atoms with van der Waals surface area (Å²) in [4.78, 5) is 40.9. The number of nitrogens with one attached hydrogen (secondary N) is 2. The molecule has 2 aromatic carbocycles. The van der Waals surface area contributed by atoms with E-state index in [4.69, 9.17) is 9.47 Å². The molecule has 9 heteroatoms. The molecular weight excluding hydrogens is 498 g/mol. The molecular formula is C30H43N3O6. The number of unbranched alkanes of at least 4 members (excludes halogenated alkanes) is 5. The molecule has 0 spiro atoms.